The lowest BCUT2D eigenvalue weighted by Gasteiger charge is -2.58. The Balaban J connectivity index is 1.95. The van der Waals surface area contributed by atoms with Crippen LogP contribution in [0.2, 0.25) is 0 Å². The van der Waals surface area contributed by atoms with Gasteiger partial charge in [-0.05, 0) is 59.9 Å². The maximum Gasteiger partial charge on any atom is 0.0628 e. The standard InChI is InChI=1S/C11H13ClIN/c1-7-9(13)2-3-14-6-11(12)4-8(5-11)10(7)14/h2-3,8,10H,4-6H2,1H3. The number of alkyl halides is 1. The SMILES string of the molecule is CC1=C(I)C=CN2CC3(Cl)CC(C3)C12. The fourth-order valence-corrected chi connectivity index (χ4v) is 4.12. The molecule has 3 heterocycles. The van der Waals surface area contributed by atoms with E-state index in [1.54, 1.807) is 0 Å². The highest BCUT2D eigenvalue weighted by molar-refractivity contribution is 14.1. The van der Waals surface area contributed by atoms with Crippen LogP contribution in [-0.2, 0) is 0 Å². The molecule has 0 spiro atoms. The highest BCUT2D eigenvalue weighted by Crippen LogP contribution is 2.54. The zero-order valence-corrected chi connectivity index (χ0v) is 11.0. The molecule has 0 aromatic carbocycles. The molecule has 1 unspecified atom stereocenters. The lowest BCUT2D eigenvalue weighted by Crippen LogP contribution is -2.62. The van der Waals surface area contributed by atoms with E-state index in [1.807, 2.05) is 0 Å². The van der Waals surface area contributed by atoms with Gasteiger partial charge in [0.2, 0.25) is 0 Å². The second-order valence-electron chi connectivity index (χ2n) is 4.78. The zero-order chi connectivity index (χ0) is 9.92. The van der Waals surface area contributed by atoms with Crippen molar-refractivity contribution in [3.8, 4) is 0 Å². The Kier molecular flexibility index (Phi) is 1.98. The number of rotatable bonds is 0. The third-order valence-electron chi connectivity index (χ3n) is 3.76. The van der Waals surface area contributed by atoms with Crippen LogP contribution >= 0.6 is 34.2 Å². The first-order chi connectivity index (χ1) is 6.59. The fourth-order valence-electron chi connectivity index (χ4n) is 3.11. The molecule has 1 aliphatic carbocycles. The van der Waals surface area contributed by atoms with Crippen molar-refractivity contribution < 1.29 is 0 Å². The number of nitrogens with zero attached hydrogens (tertiary/aromatic N) is 1. The Labute approximate surface area is 103 Å². The Bertz CT molecular complexity index is 341. The molecule has 0 radical (unpaired) electrons. The molecular weight excluding hydrogens is 308 g/mol. The van der Waals surface area contributed by atoms with Gasteiger partial charge in [-0.25, -0.2) is 0 Å². The van der Waals surface area contributed by atoms with Gasteiger partial charge in [0.15, 0.2) is 0 Å². The molecule has 0 N–H and O–H groups in total. The first-order valence-electron chi connectivity index (χ1n) is 5.08. The smallest absolute Gasteiger partial charge is 0.0628 e. The van der Waals surface area contributed by atoms with Gasteiger partial charge in [0.25, 0.3) is 0 Å². The van der Waals surface area contributed by atoms with Crippen molar-refractivity contribution in [2.45, 2.75) is 30.7 Å². The quantitative estimate of drug-likeness (QED) is 0.489. The summed E-state index contributed by atoms with van der Waals surface area (Å²) in [6.07, 6.45) is 6.86. The summed E-state index contributed by atoms with van der Waals surface area (Å²) < 4.78 is 1.41. The average Bonchev–Trinajstić information content (AvgIpc) is 2.09. The summed E-state index contributed by atoms with van der Waals surface area (Å²) in [7, 11) is 0. The van der Waals surface area contributed by atoms with Gasteiger partial charge in [0.05, 0.1) is 10.9 Å². The van der Waals surface area contributed by atoms with Gasteiger partial charge in [0, 0.05) is 16.3 Å². The highest BCUT2D eigenvalue weighted by atomic mass is 127. The van der Waals surface area contributed by atoms with Crippen LogP contribution in [0.4, 0.5) is 0 Å². The molecule has 3 fully saturated rings. The van der Waals surface area contributed by atoms with E-state index in [-0.39, 0.29) is 4.87 Å². The van der Waals surface area contributed by atoms with Crippen LogP contribution in [0.15, 0.2) is 21.4 Å². The fraction of sp³-hybridized carbons (Fsp3) is 0.636. The lowest BCUT2D eigenvalue weighted by atomic mass is 9.64. The molecule has 1 saturated carbocycles. The van der Waals surface area contributed by atoms with Gasteiger partial charge in [0.1, 0.15) is 0 Å². The second-order valence-corrected chi connectivity index (χ2v) is 6.75. The molecule has 0 amide bonds. The predicted octanol–water partition coefficient (Wildman–Crippen LogP) is 3.29. The van der Waals surface area contributed by atoms with Crippen molar-refractivity contribution in [1.82, 2.24) is 4.90 Å². The minimum Gasteiger partial charge on any atom is -0.369 e. The maximum atomic E-state index is 6.45. The Morgan fingerprint density at radius 2 is 2.29 bits per heavy atom. The molecule has 14 heavy (non-hydrogen) atoms. The van der Waals surface area contributed by atoms with Crippen molar-refractivity contribution in [3.63, 3.8) is 0 Å². The first-order valence-corrected chi connectivity index (χ1v) is 6.54. The van der Waals surface area contributed by atoms with Gasteiger partial charge in [-0.2, -0.15) is 0 Å². The van der Waals surface area contributed by atoms with Crippen molar-refractivity contribution in [2.24, 2.45) is 5.92 Å². The Morgan fingerprint density at radius 3 is 3.00 bits per heavy atom. The third kappa shape index (κ3) is 1.19. The molecule has 2 bridgehead atoms. The molecule has 3 heteroatoms. The van der Waals surface area contributed by atoms with E-state index in [4.69, 9.17) is 11.6 Å². The van der Waals surface area contributed by atoms with E-state index in [0.29, 0.717) is 6.04 Å². The molecule has 2 saturated heterocycles. The van der Waals surface area contributed by atoms with Crippen LogP contribution in [0, 0.1) is 5.92 Å². The van der Waals surface area contributed by atoms with E-state index >= 15 is 0 Å². The van der Waals surface area contributed by atoms with Crippen LogP contribution in [0.3, 0.4) is 0 Å². The molecular formula is C11H13ClIN. The van der Waals surface area contributed by atoms with Crippen LogP contribution in [0.5, 0.6) is 0 Å². The second kappa shape index (κ2) is 2.91. The summed E-state index contributed by atoms with van der Waals surface area (Å²) in [4.78, 5) is 2.54. The van der Waals surface area contributed by atoms with Crippen LogP contribution < -0.4 is 0 Å². The van der Waals surface area contributed by atoms with Crippen molar-refractivity contribution >= 4 is 34.2 Å². The summed E-state index contributed by atoms with van der Waals surface area (Å²) in [6.45, 7) is 3.30. The van der Waals surface area contributed by atoms with E-state index in [2.05, 4.69) is 46.7 Å². The molecule has 1 nitrogen and oxygen atoms in total. The monoisotopic (exact) mass is 321 g/mol. The van der Waals surface area contributed by atoms with Crippen LogP contribution in [0.1, 0.15) is 19.8 Å². The first kappa shape index (κ1) is 9.52. The number of piperidine rings is 2. The maximum absolute atomic E-state index is 6.45. The topological polar surface area (TPSA) is 3.24 Å². The van der Waals surface area contributed by atoms with Gasteiger partial charge in [-0.3, -0.25) is 0 Å². The Morgan fingerprint density at radius 1 is 1.57 bits per heavy atom. The summed E-state index contributed by atoms with van der Waals surface area (Å²) >= 11 is 8.88. The minimum absolute atomic E-state index is 0.106. The van der Waals surface area contributed by atoms with Crippen molar-refractivity contribution in [1.29, 1.82) is 0 Å². The number of allylic oxidation sites excluding steroid dienone is 2. The highest BCUT2D eigenvalue weighted by Gasteiger charge is 2.54. The number of halogens is 2. The van der Waals surface area contributed by atoms with E-state index < -0.39 is 0 Å². The summed E-state index contributed by atoms with van der Waals surface area (Å²) in [5.41, 5.74) is 1.54. The largest absolute Gasteiger partial charge is 0.369 e. The predicted molar refractivity (Wildman–Crippen MR) is 67.7 cm³/mol. The van der Waals surface area contributed by atoms with Gasteiger partial charge < -0.3 is 4.90 Å². The average molecular weight is 322 g/mol. The number of hydrogen-bond acceptors (Lipinski definition) is 1. The van der Waals surface area contributed by atoms with Gasteiger partial charge in [-0.15, -0.1) is 11.6 Å². The van der Waals surface area contributed by atoms with E-state index in [1.165, 1.54) is 22.0 Å². The van der Waals surface area contributed by atoms with Gasteiger partial charge in [-0.1, -0.05) is 0 Å². The van der Waals surface area contributed by atoms with Crippen molar-refractivity contribution in [2.75, 3.05) is 6.54 Å². The van der Waals surface area contributed by atoms with Crippen molar-refractivity contribution in [3.05, 3.63) is 21.4 Å². The molecule has 1 atom stereocenters. The third-order valence-corrected chi connectivity index (χ3v) is 5.40. The summed E-state index contributed by atoms with van der Waals surface area (Å²) in [6, 6.07) is 0.646. The molecule has 4 aliphatic rings. The summed E-state index contributed by atoms with van der Waals surface area (Å²) in [5.74, 6) is 0.802. The van der Waals surface area contributed by atoms with E-state index in [0.717, 1.165) is 12.5 Å². The molecule has 3 aliphatic heterocycles. The van der Waals surface area contributed by atoms with Crippen LogP contribution in [0.25, 0.3) is 0 Å². The lowest BCUT2D eigenvalue weighted by molar-refractivity contribution is 0.0329. The summed E-state index contributed by atoms with van der Waals surface area (Å²) in [5, 5.41) is 0. The van der Waals surface area contributed by atoms with Crippen LogP contribution in [-0.4, -0.2) is 22.4 Å². The minimum atomic E-state index is 0.106. The molecule has 76 valence electrons. The Hall–Kier alpha value is 0.300. The normalized spacial score (nSPS) is 44.9. The number of hydrogen-bond donors (Lipinski definition) is 0. The zero-order valence-electron chi connectivity index (χ0n) is 8.13. The molecule has 0 aromatic heterocycles. The molecule has 4 rings (SSSR count). The van der Waals surface area contributed by atoms with Gasteiger partial charge >= 0.3 is 0 Å². The van der Waals surface area contributed by atoms with E-state index in [9.17, 15) is 0 Å². The molecule has 0 aromatic rings.